The number of carboxylic acids is 1. The zero-order valence-corrected chi connectivity index (χ0v) is 12.5. The minimum Gasteiger partial charge on any atom is -0.481 e. The van der Waals surface area contributed by atoms with E-state index >= 15 is 0 Å². The smallest absolute Gasteiger partial charge is 0.416 e. The Morgan fingerprint density at radius 2 is 1.70 bits per heavy atom. The van der Waals surface area contributed by atoms with Crippen LogP contribution < -0.4 is 0 Å². The standard InChI is InChI=1S/C16H18F3NO3/c17-16(18,19)13-3-1-11(2-4-13)9-14(21)20-7-5-12(6-8-20)10-15(22)23/h1-4,12H,5-10H2,(H,22,23). The number of amides is 1. The Kier molecular flexibility index (Phi) is 5.28. The van der Waals surface area contributed by atoms with Crippen LogP contribution in [0.25, 0.3) is 0 Å². The number of halogens is 3. The first-order chi connectivity index (χ1) is 10.8. The Balaban J connectivity index is 1.87. The second-order valence-electron chi connectivity index (χ2n) is 5.79. The Hall–Kier alpha value is -2.05. The highest BCUT2D eigenvalue weighted by molar-refractivity contribution is 5.79. The average Bonchev–Trinajstić information content (AvgIpc) is 2.47. The molecule has 4 nitrogen and oxygen atoms in total. The highest BCUT2D eigenvalue weighted by atomic mass is 19.4. The van der Waals surface area contributed by atoms with Gasteiger partial charge in [0.1, 0.15) is 0 Å². The van der Waals surface area contributed by atoms with E-state index in [1.807, 2.05) is 0 Å². The van der Waals surface area contributed by atoms with E-state index in [9.17, 15) is 22.8 Å². The van der Waals surface area contributed by atoms with Gasteiger partial charge in [0.15, 0.2) is 0 Å². The van der Waals surface area contributed by atoms with Gasteiger partial charge in [0.25, 0.3) is 0 Å². The SMILES string of the molecule is O=C(O)CC1CCN(C(=O)Cc2ccc(C(F)(F)F)cc2)CC1. The molecule has 0 aromatic heterocycles. The van der Waals surface area contributed by atoms with Gasteiger partial charge >= 0.3 is 12.1 Å². The molecule has 2 rings (SSSR count). The Labute approximate surface area is 131 Å². The van der Waals surface area contributed by atoms with Crippen LogP contribution in [0.15, 0.2) is 24.3 Å². The highest BCUT2D eigenvalue weighted by Crippen LogP contribution is 2.29. The van der Waals surface area contributed by atoms with Gasteiger partial charge in [0.2, 0.25) is 5.91 Å². The molecule has 0 atom stereocenters. The molecule has 0 saturated carbocycles. The van der Waals surface area contributed by atoms with E-state index in [-0.39, 0.29) is 24.7 Å². The number of likely N-dealkylation sites (tertiary alicyclic amines) is 1. The van der Waals surface area contributed by atoms with E-state index < -0.39 is 17.7 Å². The molecular weight excluding hydrogens is 311 g/mol. The third-order valence-electron chi connectivity index (χ3n) is 4.07. The summed E-state index contributed by atoms with van der Waals surface area (Å²) in [5, 5.41) is 8.75. The lowest BCUT2D eigenvalue weighted by atomic mass is 9.93. The maximum Gasteiger partial charge on any atom is 0.416 e. The Morgan fingerprint density at radius 3 is 2.17 bits per heavy atom. The number of nitrogens with zero attached hydrogens (tertiary/aromatic N) is 1. The van der Waals surface area contributed by atoms with Crippen molar-refractivity contribution in [1.29, 1.82) is 0 Å². The van der Waals surface area contributed by atoms with Crippen molar-refractivity contribution in [3.05, 3.63) is 35.4 Å². The third-order valence-corrected chi connectivity index (χ3v) is 4.07. The van der Waals surface area contributed by atoms with Crippen molar-refractivity contribution < 1.29 is 27.9 Å². The van der Waals surface area contributed by atoms with Crippen LogP contribution in [0.3, 0.4) is 0 Å². The van der Waals surface area contributed by atoms with E-state index in [2.05, 4.69) is 0 Å². The number of benzene rings is 1. The van der Waals surface area contributed by atoms with Gasteiger partial charge in [0.05, 0.1) is 12.0 Å². The molecule has 1 heterocycles. The lowest BCUT2D eigenvalue weighted by Gasteiger charge is -2.31. The predicted octanol–water partition coefficient (Wildman–Crippen LogP) is 2.96. The highest BCUT2D eigenvalue weighted by Gasteiger charge is 2.30. The van der Waals surface area contributed by atoms with Crippen LogP contribution in [0.1, 0.15) is 30.4 Å². The quantitative estimate of drug-likeness (QED) is 0.924. The van der Waals surface area contributed by atoms with Crippen LogP contribution in [0.2, 0.25) is 0 Å². The normalized spacial score (nSPS) is 16.4. The fourth-order valence-electron chi connectivity index (χ4n) is 2.73. The minimum absolute atomic E-state index is 0.0573. The maximum absolute atomic E-state index is 12.5. The van der Waals surface area contributed by atoms with Crippen molar-refractivity contribution in [3.8, 4) is 0 Å². The molecule has 126 valence electrons. The van der Waals surface area contributed by atoms with Crippen LogP contribution >= 0.6 is 0 Å². The molecule has 1 N–H and O–H groups in total. The van der Waals surface area contributed by atoms with E-state index in [0.29, 0.717) is 31.5 Å². The van der Waals surface area contributed by atoms with Gasteiger partial charge in [-0.15, -0.1) is 0 Å². The minimum atomic E-state index is -4.38. The molecule has 0 bridgehead atoms. The second-order valence-corrected chi connectivity index (χ2v) is 5.79. The van der Waals surface area contributed by atoms with Gasteiger partial charge < -0.3 is 10.0 Å². The van der Waals surface area contributed by atoms with Gasteiger partial charge in [-0.2, -0.15) is 13.2 Å². The van der Waals surface area contributed by atoms with Crippen molar-refractivity contribution in [3.63, 3.8) is 0 Å². The number of carbonyl (C=O) groups is 2. The van der Waals surface area contributed by atoms with Crippen molar-refractivity contribution in [2.45, 2.75) is 31.9 Å². The van der Waals surface area contributed by atoms with Gasteiger partial charge in [0, 0.05) is 19.5 Å². The monoisotopic (exact) mass is 329 g/mol. The molecule has 1 aromatic carbocycles. The molecule has 1 amide bonds. The Morgan fingerprint density at radius 1 is 1.13 bits per heavy atom. The van der Waals surface area contributed by atoms with Crippen LogP contribution in [0.5, 0.6) is 0 Å². The first-order valence-corrected chi connectivity index (χ1v) is 7.41. The fourth-order valence-corrected chi connectivity index (χ4v) is 2.73. The maximum atomic E-state index is 12.5. The van der Waals surface area contributed by atoms with Gasteiger partial charge in [-0.25, -0.2) is 0 Å². The summed E-state index contributed by atoms with van der Waals surface area (Å²) in [6, 6.07) is 4.58. The summed E-state index contributed by atoms with van der Waals surface area (Å²) in [4.78, 5) is 24.5. The van der Waals surface area contributed by atoms with Crippen molar-refractivity contribution in [2.75, 3.05) is 13.1 Å². The van der Waals surface area contributed by atoms with Crippen molar-refractivity contribution in [1.82, 2.24) is 4.90 Å². The van der Waals surface area contributed by atoms with Crippen LogP contribution in [-0.4, -0.2) is 35.0 Å². The number of alkyl halides is 3. The second kappa shape index (κ2) is 7.02. The first kappa shape index (κ1) is 17.3. The summed E-state index contributed by atoms with van der Waals surface area (Å²) in [6.45, 7) is 0.995. The summed E-state index contributed by atoms with van der Waals surface area (Å²) in [6.07, 6.45) is -2.92. The number of rotatable bonds is 4. The van der Waals surface area contributed by atoms with Crippen LogP contribution in [0.4, 0.5) is 13.2 Å². The Bertz CT molecular complexity index is 561. The van der Waals surface area contributed by atoms with Crippen molar-refractivity contribution >= 4 is 11.9 Å². The molecule has 0 unspecified atom stereocenters. The number of carboxylic acid groups (broad SMARTS) is 1. The zero-order valence-electron chi connectivity index (χ0n) is 12.5. The topological polar surface area (TPSA) is 57.6 Å². The van der Waals surface area contributed by atoms with E-state index in [1.165, 1.54) is 12.1 Å². The molecule has 23 heavy (non-hydrogen) atoms. The summed E-state index contributed by atoms with van der Waals surface area (Å²) in [5.41, 5.74) is -0.196. The lowest BCUT2D eigenvalue weighted by molar-refractivity contribution is -0.139. The summed E-state index contributed by atoms with van der Waals surface area (Å²) < 4.78 is 37.4. The van der Waals surface area contributed by atoms with Gasteiger partial charge in [-0.1, -0.05) is 12.1 Å². The molecule has 1 aliphatic heterocycles. The number of hydrogen-bond acceptors (Lipinski definition) is 2. The third kappa shape index (κ3) is 4.97. The average molecular weight is 329 g/mol. The number of hydrogen-bond donors (Lipinski definition) is 1. The molecule has 0 spiro atoms. The van der Waals surface area contributed by atoms with Gasteiger partial charge in [-0.3, -0.25) is 9.59 Å². The molecule has 0 aliphatic carbocycles. The predicted molar refractivity (Wildman–Crippen MR) is 76.7 cm³/mol. The summed E-state index contributed by atoms with van der Waals surface area (Å²) >= 11 is 0. The number of carbonyl (C=O) groups excluding carboxylic acids is 1. The summed E-state index contributed by atoms with van der Waals surface area (Å²) in [7, 11) is 0. The zero-order chi connectivity index (χ0) is 17.0. The fraction of sp³-hybridized carbons (Fsp3) is 0.500. The lowest BCUT2D eigenvalue weighted by Crippen LogP contribution is -2.39. The molecule has 0 radical (unpaired) electrons. The van der Waals surface area contributed by atoms with Crippen LogP contribution in [-0.2, 0) is 22.2 Å². The van der Waals surface area contributed by atoms with E-state index in [4.69, 9.17) is 5.11 Å². The van der Waals surface area contributed by atoms with Crippen LogP contribution in [0, 0.1) is 5.92 Å². The molecule has 1 fully saturated rings. The summed E-state index contributed by atoms with van der Waals surface area (Å²) in [5.74, 6) is -0.888. The molecule has 1 aliphatic rings. The van der Waals surface area contributed by atoms with Gasteiger partial charge in [-0.05, 0) is 36.5 Å². The number of aliphatic carboxylic acids is 1. The van der Waals surface area contributed by atoms with Crippen molar-refractivity contribution in [2.24, 2.45) is 5.92 Å². The van der Waals surface area contributed by atoms with E-state index in [0.717, 1.165) is 12.1 Å². The largest absolute Gasteiger partial charge is 0.481 e. The molecular formula is C16H18F3NO3. The molecule has 7 heteroatoms. The van der Waals surface area contributed by atoms with E-state index in [1.54, 1.807) is 4.90 Å². The molecule has 1 aromatic rings. The number of piperidine rings is 1. The molecule has 1 saturated heterocycles. The first-order valence-electron chi connectivity index (χ1n) is 7.41.